The summed E-state index contributed by atoms with van der Waals surface area (Å²) in [5, 5.41) is 0. The number of rotatable bonds is 18. The topological polar surface area (TPSA) is 8.81 Å². The molecule has 0 saturated carbocycles. The quantitative estimate of drug-likeness (QED) is 0.192. The molecule has 0 atom stereocenters. The van der Waals surface area contributed by atoms with Crippen LogP contribution in [0.25, 0.3) is 0 Å². The third-order valence-electron chi connectivity index (χ3n) is 5.60. The summed E-state index contributed by atoms with van der Waals surface area (Å²) in [7, 11) is 0. The van der Waals surface area contributed by atoms with Gasteiger partial charge in [0.15, 0.2) is 0 Å². The minimum absolute atomic E-state index is 1.21. The molecule has 1 heterocycles. The Hall–Kier alpha value is -0.790. The Labute approximate surface area is 164 Å². The molecular formula is C24H47N2+. The molecule has 0 aliphatic rings. The Kier molecular flexibility index (Phi) is 14.7. The summed E-state index contributed by atoms with van der Waals surface area (Å²) < 4.78 is 5.12. The Balaban J connectivity index is 2.42. The number of unbranched alkanes of at least 4 members (excludes halogenated alkanes) is 12. The van der Waals surface area contributed by atoms with Crippen LogP contribution in [0, 0.1) is 0 Å². The molecule has 0 N–H and O–H groups in total. The molecule has 26 heavy (non-hydrogen) atoms. The summed E-state index contributed by atoms with van der Waals surface area (Å²) in [4.78, 5) is 0. The van der Waals surface area contributed by atoms with Gasteiger partial charge in [0.05, 0.1) is 13.1 Å². The minimum atomic E-state index is 1.21. The van der Waals surface area contributed by atoms with Crippen LogP contribution in [0.1, 0.15) is 123 Å². The van der Waals surface area contributed by atoms with Crippen LogP contribution in [0.5, 0.6) is 0 Å². The molecule has 1 aromatic heterocycles. The lowest BCUT2D eigenvalue weighted by atomic mass is 10.1. The first kappa shape index (κ1) is 23.2. The van der Waals surface area contributed by atoms with Crippen molar-refractivity contribution in [2.75, 3.05) is 0 Å². The summed E-state index contributed by atoms with van der Waals surface area (Å²) in [5.41, 5.74) is 0. The predicted octanol–water partition coefficient (Wildman–Crippen LogP) is 7.23. The van der Waals surface area contributed by atoms with Crippen LogP contribution in [0.15, 0.2) is 12.4 Å². The number of nitrogens with zero attached hydrogens (tertiary/aromatic N) is 2. The first-order valence-corrected chi connectivity index (χ1v) is 11.9. The molecule has 0 aromatic carbocycles. The van der Waals surface area contributed by atoms with E-state index in [2.05, 4.69) is 42.3 Å². The maximum absolute atomic E-state index is 2.57. The van der Waals surface area contributed by atoms with Crippen LogP contribution in [0.4, 0.5) is 0 Å². The van der Waals surface area contributed by atoms with Gasteiger partial charge in [0.1, 0.15) is 12.4 Å². The summed E-state index contributed by atoms with van der Waals surface area (Å²) in [6.07, 6.45) is 26.6. The van der Waals surface area contributed by atoms with Gasteiger partial charge >= 0.3 is 0 Å². The third kappa shape index (κ3) is 10.4. The number of hydrogen-bond acceptors (Lipinski definition) is 0. The molecule has 152 valence electrons. The van der Waals surface area contributed by atoms with E-state index in [0.717, 1.165) is 0 Å². The summed E-state index contributed by atoms with van der Waals surface area (Å²) in [6, 6.07) is 0. The fraction of sp³-hybridized carbons (Fsp3) is 0.875. The molecule has 2 heteroatoms. The average Bonchev–Trinajstić information content (AvgIpc) is 3.03. The minimum Gasteiger partial charge on any atom is -0.234 e. The van der Waals surface area contributed by atoms with Crippen molar-refractivity contribution in [3.8, 4) is 0 Å². The third-order valence-corrected chi connectivity index (χ3v) is 5.60. The van der Waals surface area contributed by atoms with Gasteiger partial charge in [-0.3, -0.25) is 0 Å². The highest BCUT2D eigenvalue weighted by Crippen LogP contribution is 2.11. The van der Waals surface area contributed by atoms with E-state index >= 15 is 0 Å². The summed E-state index contributed by atoms with van der Waals surface area (Å²) >= 11 is 0. The van der Waals surface area contributed by atoms with Crippen molar-refractivity contribution < 1.29 is 4.57 Å². The maximum atomic E-state index is 2.57. The smallest absolute Gasteiger partial charge is 0.234 e. The maximum Gasteiger partial charge on any atom is 0.256 e. The highest BCUT2D eigenvalue weighted by molar-refractivity contribution is 4.84. The molecule has 0 saturated heterocycles. The van der Waals surface area contributed by atoms with Crippen LogP contribution in [0.3, 0.4) is 0 Å². The SMILES string of the molecule is CCCCCCCCCn1cc[n+](CCCCC)c1CCCCCCC. The number of imidazole rings is 1. The second kappa shape index (κ2) is 16.4. The Morgan fingerprint density at radius 3 is 1.85 bits per heavy atom. The monoisotopic (exact) mass is 363 g/mol. The van der Waals surface area contributed by atoms with Crippen LogP contribution in [-0.2, 0) is 19.5 Å². The van der Waals surface area contributed by atoms with Crippen molar-refractivity contribution in [3.05, 3.63) is 18.2 Å². The highest BCUT2D eigenvalue weighted by atomic mass is 15.1. The van der Waals surface area contributed by atoms with E-state index in [9.17, 15) is 0 Å². The van der Waals surface area contributed by atoms with E-state index < -0.39 is 0 Å². The van der Waals surface area contributed by atoms with E-state index in [0.29, 0.717) is 0 Å². The van der Waals surface area contributed by atoms with Gasteiger partial charge in [0.25, 0.3) is 5.82 Å². The second-order valence-electron chi connectivity index (χ2n) is 8.09. The Morgan fingerprint density at radius 2 is 1.19 bits per heavy atom. The van der Waals surface area contributed by atoms with E-state index in [-0.39, 0.29) is 0 Å². The van der Waals surface area contributed by atoms with Gasteiger partial charge in [-0.15, -0.1) is 0 Å². The van der Waals surface area contributed by atoms with Gasteiger partial charge in [-0.25, -0.2) is 9.13 Å². The van der Waals surface area contributed by atoms with Crippen molar-refractivity contribution in [1.29, 1.82) is 0 Å². The van der Waals surface area contributed by atoms with Crippen molar-refractivity contribution in [2.24, 2.45) is 0 Å². The first-order chi connectivity index (χ1) is 12.8. The van der Waals surface area contributed by atoms with Crippen LogP contribution < -0.4 is 4.57 Å². The number of aryl methyl sites for hydroxylation is 2. The molecule has 0 amide bonds. The largest absolute Gasteiger partial charge is 0.256 e. The van der Waals surface area contributed by atoms with Crippen molar-refractivity contribution in [1.82, 2.24) is 4.57 Å². The predicted molar refractivity (Wildman–Crippen MR) is 115 cm³/mol. The molecule has 1 rings (SSSR count). The lowest BCUT2D eigenvalue weighted by Crippen LogP contribution is -2.37. The molecule has 0 unspecified atom stereocenters. The van der Waals surface area contributed by atoms with Gasteiger partial charge < -0.3 is 0 Å². The van der Waals surface area contributed by atoms with E-state index in [1.165, 1.54) is 116 Å². The first-order valence-electron chi connectivity index (χ1n) is 11.9. The van der Waals surface area contributed by atoms with Gasteiger partial charge in [-0.05, 0) is 32.1 Å². The zero-order valence-electron chi connectivity index (χ0n) is 18.3. The lowest BCUT2D eigenvalue weighted by molar-refractivity contribution is -0.704. The van der Waals surface area contributed by atoms with Gasteiger partial charge in [-0.2, -0.15) is 0 Å². The fourth-order valence-corrected chi connectivity index (χ4v) is 3.85. The Morgan fingerprint density at radius 1 is 0.654 bits per heavy atom. The average molecular weight is 364 g/mol. The van der Waals surface area contributed by atoms with E-state index in [1.807, 2.05) is 0 Å². The second-order valence-corrected chi connectivity index (χ2v) is 8.09. The summed E-state index contributed by atoms with van der Waals surface area (Å²) in [6.45, 7) is 9.33. The lowest BCUT2D eigenvalue weighted by Gasteiger charge is -2.06. The molecule has 0 aliphatic heterocycles. The fourth-order valence-electron chi connectivity index (χ4n) is 3.85. The van der Waals surface area contributed by atoms with Crippen molar-refractivity contribution in [3.63, 3.8) is 0 Å². The van der Waals surface area contributed by atoms with Crippen LogP contribution in [0.2, 0.25) is 0 Å². The number of aromatic nitrogens is 2. The van der Waals surface area contributed by atoms with Gasteiger partial charge in [0.2, 0.25) is 0 Å². The molecule has 0 radical (unpaired) electrons. The number of hydrogen-bond donors (Lipinski definition) is 0. The van der Waals surface area contributed by atoms with E-state index in [1.54, 1.807) is 5.82 Å². The molecule has 1 aromatic rings. The zero-order chi connectivity index (χ0) is 18.9. The van der Waals surface area contributed by atoms with Crippen molar-refractivity contribution in [2.45, 2.75) is 137 Å². The molecule has 0 spiro atoms. The molecular weight excluding hydrogens is 316 g/mol. The highest BCUT2D eigenvalue weighted by Gasteiger charge is 2.16. The van der Waals surface area contributed by atoms with Crippen molar-refractivity contribution >= 4 is 0 Å². The van der Waals surface area contributed by atoms with E-state index in [4.69, 9.17) is 0 Å². The Bertz CT molecular complexity index is 422. The van der Waals surface area contributed by atoms with Crippen LogP contribution >= 0.6 is 0 Å². The standard InChI is InChI=1S/C24H47N2/c1-4-7-10-12-13-15-18-21-26-23-22-25(20-17-9-6-3)24(26)19-16-14-11-8-5-2/h22-23H,4-21H2,1-3H3/q+1. The molecule has 0 bridgehead atoms. The summed E-state index contributed by atoms with van der Waals surface area (Å²) in [5.74, 6) is 1.59. The molecule has 0 fully saturated rings. The van der Waals surface area contributed by atoms with Crippen LogP contribution in [-0.4, -0.2) is 4.57 Å². The normalized spacial score (nSPS) is 11.3. The molecule has 2 nitrogen and oxygen atoms in total. The van der Waals surface area contributed by atoms with Gasteiger partial charge in [-0.1, -0.05) is 85.0 Å². The van der Waals surface area contributed by atoms with Gasteiger partial charge in [0, 0.05) is 6.42 Å². The zero-order valence-corrected chi connectivity index (χ0v) is 18.3. The molecule has 0 aliphatic carbocycles.